The third kappa shape index (κ3) is 4.79. The smallest absolute Gasteiger partial charge is 0.251 e. The molecular weight excluding hydrogens is 331 g/mol. The minimum atomic E-state index is -3.35. The zero-order valence-electron chi connectivity index (χ0n) is 13.4. The maximum Gasteiger partial charge on any atom is 0.251 e. The van der Waals surface area contributed by atoms with Crippen LogP contribution in [0.4, 0.5) is 10.1 Å². The van der Waals surface area contributed by atoms with Gasteiger partial charge in [-0.25, -0.2) is 12.8 Å². The predicted octanol–water partition coefficient (Wildman–Crippen LogP) is 3.08. The Balaban J connectivity index is 2.03. The predicted molar refractivity (Wildman–Crippen MR) is 91.8 cm³/mol. The molecule has 128 valence electrons. The third-order valence-electron chi connectivity index (χ3n) is 3.52. The van der Waals surface area contributed by atoms with E-state index in [4.69, 9.17) is 0 Å². The van der Waals surface area contributed by atoms with Gasteiger partial charge >= 0.3 is 0 Å². The fourth-order valence-electron chi connectivity index (χ4n) is 2.06. The van der Waals surface area contributed by atoms with E-state index in [0.717, 1.165) is 5.56 Å². The molecule has 2 aromatic rings. The Labute approximate surface area is 141 Å². The molecule has 2 aromatic carbocycles. The number of nitrogens with one attached hydrogen (secondary N) is 2. The largest absolute Gasteiger partial charge is 0.346 e. The van der Waals surface area contributed by atoms with Crippen LogP contribution in [0.5, 0.6) is 0 Å². The maximum atomic E-state index is 12.9. The van der Waals surface area contributed by atoms with Crippen LogP contribution in [0.15, 0.2) is 48.5 Å². The van der Waals surface area contributed by atoms with Crippen molar-refractivity contribution in [2.24, 2.45) is 0 Å². The molecule has 1 amide bonds. The molecule has 24 heavy (non-hydrogen) atoms. The molecular formula is C17H19FN2O3S. The summed E-state index contributed by atoms with van der Waals surface area (Å²) in [5, 5.41) is 2.81. The van der Waals surface area contributed by atoms with Gasteiger partial charge in [-0.05, 0) is 55.8 Å². The second kappa shape index (κ2) is 7.44. The van der Waals surface area contributed by atoms with E-state index in [-0.39, 0.29) is 23.5 Å². The highest BCUT2D eigenvalue weighted by Gasteiger charge is 2.12. The van der Waals surface area contributed by atoms with Crippen LogP contribution >= 0.6 is 0 Å². The highest BCUT2D eigenvalue weighted by molar-refractivity contribution is 7.92. The second-order valence-electron chi connectivity index (χ2n) is 5.33. The molecule has 0 saturated heterocycles. The number of amides is 1. The number of hydrogen-bond acceptors (Lipinski definition) is 3. The monoisotopic (exact) mass is 350 g/mol. The molecule has 0 aliphatic rings. The summed E-state index contributed by atoms with van der Waals surface area (Å²) >= 11 is 0. The molecule has 0 bridgehead atoms. The summed E-state index contributed by atoms with van der Waals surface area (Å²) < 4.78 is 38.3. The van der Waals surface area contributed by atoms with Gasteiger partial charge in [0.05, 0.1) is 11.8 Å². The Morgan fingerprint density at radius 3 is 2.21 bits per heavy atom. The van der Waals surface area contributed by atoms with Gasteiger partial charge in [0.2, 0.25) is 10.0 Å². The van der Waals surface area contributed by atoms with Gasteiger partial charge in [-0.15, -0.1) is 0 Å². The maximum absolute atomic E-state index is 12.9. The van der Waals surface area contributed by atoms with Crippen LogP contribution in [0.3, 0.4) is 0 Å². The van der Waals surface area contributed by atoms with Crippen LogP contribution in [0.2, 0.25) is 0 Å². The van der Waals surface area contributed by atoms with Crippen molar-refractivity contribution in [1.82, 2.24) is 5.32 Å². The van der Waals surface area contributed by atoms with Crippen molar-refractivity contribution < 1.29 is 17.6 Å². The first-order valence-electron chi connectivity index (χ1n) is 7.47. The molecule has 2 N–H and O–H groups in total. The molecule has 0 aromatic heterocycles. The van der Waals surface area contributed by atoms with E-state index < -0.39 is 10.0 Å². The van der Waals surface area contributed by atoms with Crippen LogP contribution in [-0.4, -0.2) is 20.1 Å². The fraction of sp³-hybridized carbons (Fsp3) is 0.235. The zero-order chi connectivity index (χ0) is 17.7. The van der Waals surface area contributed by atoms with E-state index in [1.54, 1.807) is 38.1 Å². The fourth-order valence-corrected chi connectivity index (χ4v) is 2.70. The SMILES string of the molecule is CCS(=O)(=O)Nc1ccc(C(=O)N[C@H](C)c2ccc(F)cc2)cc1. The first-order valence-corrected chi connectivity index (χ1v) is 9.13. The van der Waals surface area contributed by atoms with Crippen molar-refractivity contribution in [3.05, 3.63) is 65.5 Å². The second-order valence-corrected chi connectivity index (χ2v) is 7.34. The van der Waals surface area contributed by atoms with E-state index in [1.165, 1.54) is 24.3 Å². The number of carbonyl (C=O) groups excluding carboxylic acids is 1. The lowest BCUT2D eigenvalue weighted by Gasteiger charge is -2.14. The molecule has 0 unspecified atom stereocenters. The molecule has 0 saturated carbocycles. The average molecular weight is 350 g/mol. The molecule has 2 rings (SSSR count). The molecule has 0 spiro atoms. The van der Waals surface area contributed by atoms with Crippen molar-refractivity contribution >= 4 is 21.6 Å². The number of benzene rings is 2. The Bertz CT molecular complexity index is 803. The summed E-state index contributed by atoms with van der Waals surface area (Å²) in [6.45, 7) is 3.34. The minimum absolute atomic E-state index is 0.0234. The zero-order valence-corrected chi connectivity index (χ0v) is 14.2. The van der Waals surface area contributed by atoms with E-state index in [1.807, 2.05) is 0 Å². The number of halogens is 1. The number of carbonyl (C=O) groups is 1. The van der Waals surface area contributed by atoms with E-state index in [9.17, 15) is 17.6 Å². The lowest BCUT2D eigenvalue weighted by molar-refractivity contribution is 0.0940. The standard InChI is InChI=1S/C17H19FN2O3S/c1-3-24(22,23)20-16-10-6-14(7-11-16)17(21)19-12(2)13-4-8-15(18)9-5-13/h4-12,20H,3H2,1-2H3,(H,19,21)/t12-/m1/s1. The lowest BCUT2D eigenvalue weighted by Crippen LogP contribution is -2.26. The van der Waals surface area contributed by atoms with E-state index in [2.05, 4.69) is 10.0 Å². The summed E-state index contributed by atoms with van der Waals surface area (Å²) in [4.78, 5) is 12.2. The van der Waals surface area contributed by atoms with E-state index in [0.29, 0.717) is 11.3 Å². The highest BCUT2D eigenvalue weighted by Crippen LogP contribution is 2.15. The molecule has 7 heteroatoms. The van der Waals surface area contributed by atoms with Crippen molar-refractivity contribution in [1.29, 1.82) is 0 Å². The molecule has 0 aliphatic carbocycles. The molecule has 1 atom stereocenters. The Kier molecular flexibility index (Phi) is 5.56. The summed E-state index contributed by atoms with van der Waals surface area (Å²) in [7, 11) is -3.35. The minimum Gasteiger partial charge on any atom is -0.346 e. The normalized spacial score (nSPS) is 12.5. The molecule has 0 aliphatic heterocycles. The number of anilines is 1. The van der Waals surface area contributed by atoms with Gasteiger partial charge in [-0.3, -0.25) is 9.52 Å². The van der Waals surface area contributed by atoms with Gasteiger partial charge < -0.3 is 5.32 Å². The van der Waals surface area contributed by atoms with Gasteiger partial charge in [-0.1, -0.05) is 12.1 Å². The van der Waals surface area contributed by atoms with Gasteiger partial charge in [0.25, 0.3) is 5.91 Å². The highest BCUT2D eigenvalue weighted by atomic mass is 32.2. The first kappa shape index (κ1) is 17.9. The Morgan fingerprint density at radius 2 is 1.67 bits per heavy atom. The summed E-state index contributed by atoms with van der Waals surface area (Å²) in [6.07, 6.45) is 0. The van der Waals surface area contributed by atoms with Gasteiger partial charge in [0.1, 0.15) is 5.82 Å². The molecule has 0 heterocycles. The Hall–Kier alpha value is -2.41. The van der Waals surface area contributed by atoms with Gasteiger partial charge in [-0.2, -0.15) is 0 Å². The topological polar surface area (TPSA) is 75.3 Å². The quantitative estimate of drug-likeness (QED) is 0.841. The Morgan fingerprint density at radius 1 is 1.08 bits per heavy atom. The number of hydrogen-bond donors (Lipinski definition) is 2. The van der Waals surface area contributed by atoms with Crippen LogP contribution < -0.4 is 10.0 Å². The van der Waals surface area contributed by atoms with Crippen LogP contribution in [0.1, 0.15) is 35.8 Å². The molecule has 0 radical (unpaired) electrons. The first-order chi connectivity index (χ1) is 11.3. The molecule has 0 fully saturated rings. The molecule has 5 nitrogen and oxygen atoms in total. The lowest BCUT2D eigenvalue weighted by atomic mass is 10.1. The number of rotatable bonds is 6. The number of sulfonamides is 1. The van der Waals surface area contributed by atoms with Crippen molar-refractivity contribution in [3.63, 3.8) is 0 Å². The third-order valence-corrected chi connectivity index (χ3v) is 4.82. The van der Waals surface area contributed by atoms with Crippen molar-refractivity contribution in [3.8, 4) is 0 Å². The van der Waals surface area contributed by atoms with Crippen LogP contribution in [0, 0.1) is 5.82 Å². The van der Waals surface area contributed by atoms with Crippen LogP contribution in [0.25, 0.3) is 0 Å². The van der Waals surface area contributed by atoms with Crippen LogP contribution in [-0.2, 0) is 10.0 Å². The average Bonchev–Trinajstić information content (AvgIpc) is 2.55. The van der Waals surface area contributed by atoms with E-state index >= 15 is 0 Å². The van der Waals surface area contributed by atoms with Gasteiger partial charge in [0, 0.05) is 11.3 Å². The van der Waals surface area contributed by atoms with Crippen molar-refractivity contribution in [2.75, 3.05) is 10.5 Å². The summed E-state index contributed by atoms with van der Waals surface area (Å²) in [6, 6.07) is 11.8. The van der Waals surface area contributed by atoms with Crippen molar-refractivity contribution in [2.45, 2.75) is 19.9 Å². The summed E-state index contributed by atoms with van der Waals surface area (Å²) in [5.41, 5.74) is 1.60. The summed E-state index contributed by atoms with van der Waals surface area (Å²) in [5.74, 6) is -0.649. The van der Waals surface area contributed by atoms with Gasteiger partial charge in [0.15, 0.2) is 0 Å².